The molecule has 0 bridgehead atoms. The third kappa shape index (κ3) is 4.75. The molecule has 0 saturated carbocycles. The molecule has 0 aromatic carbocycles. The molecule has 0 aliphatic heterocycles. The predicted molar refractivity (Wildman–Crippen MR) is 76.6 cm³/mol. The number of carboxylic acids is 1. The van der Waals surface area contributed by atoms with Crippen LogP contribution in [0.4, 0.5) is 11.5 Å². The summed E-state index contributed by atoms with van der Waals surface area (Å²) >= 11 is 0. The van der Waals surface area contributed by atoms with Gasteiger partial charge in [0.1, 0.15) is 5.82 Å². The lowest BCUT2D eigenvalue weighted by atomic mass is 10.2. The summed E-state index contributed by atoms with van der Waals surface area (Å²) in [7, 11) is 0. The minimum atomic E-state index is -1.11. The third-order valence-electron chi connectivity index (χ3n) is 2.84. The molecule has 0 saturated heterocycles. The standard InChI is InChI=1S/C13H20N4O3/c1-3-8(2)17-12(18)4-5-15-11-6-9(13(19)20)10(14)7-16-11/h6-8H,3-5,14H2,1-2H3,(H,15,16)(H,17,18)(H,19,20). The molecule has 7 nitrogen and oxygen atoms in total. The maximum atomic E-state index is 11.5. The van der Waals surface area contributed by atoms with Crippen molar-refractivity contribution in [2.75, 3.05) is 17.6 Å². The Morgan fingerprint density at radius 2 is 2.20 bits per heavy atom. The largest absolute Gasteiger partial charge is 0.478 e. The number of nitrogen functional groups attached to an aromatic ring is 1. The fourth-order valence-electron chi connectivity index (χ4n) is 1.50. The molecule has 0 spiro atoms. The molecule has 0 radical (unpaired) electrons. The molecule has 1 aromatic rings. The van der Waals surface area contributed by atoms with E-state index in [0.717, 1.165) is 6.42 Å². The van der Waals surface area contributed by atoms with Crippen molar-refractivity contribution in [3.63, 3.8) is 0 Å². The minimum absolute atomic E-state index is 0.00782. The summed E-state index contributed by atoms with van der Waals surface area (Å²) in [6, 6.07) is 1.50. The quantitative estimate of drug-likeness (QED) is 0.593. The minimum Gasteiger partial charge on any atom is -0.478 e. The molecule has 0 aliphatic carbocycles. The fraction of sp³-hybridized carbons (Fsp3) is 0.462. The molecular formula is C13H20N4O3. The van der Waals surface area contributed by atoms with E-state index in [2.05, 4.69) is 15.6 Å². The number of hydrogen-bond acceptors (Lipinski definition) is 5. The summed E-state index contributed by atoms with van der Waals surface area (Å²) in [5.74, 6) is -0.781. The van der Waals surface area contributed by atoms with E-state index in [1.165, 1.54) is 12.3 Å². The number of rotatable bonds is 7. The Bertz CT molecular complexity index is 491. The molecule has 1 unspecified atom stereocenters. The van der Waals surface area contributed by atoms with Gasteiger partial charge in [-0.05, 0) is 19.4 Å². The summed E-state index contributed by atoms with van der Waals surface area (Å²) in [5, 5.41) is 14.7. The number of nitrogens with one attached hydrogen (secondary N) is 2. The Morgan fingerprint density at radius 1 is 1.50 bits per heavy atom. The van der Waals surface area contributed by atoms with E-state index < -0.39 is 5.97 Å². The van der Waals surface area contributed by atoms with Crippen molar-refractivity contribution in [3.05, 3.63) is 17.8 Å². The predicted octanol–water partition coefficient (Wildman–Crippen LogP) is 1.08. The second-order valence-corrected chi connectivity index (χ2v) is 4.52. The highest BCUT2D eigenvalue weighted by molar-refractivity contribution is 5.94. The summed E-state index contributed by atoms with van der Waals surface area (Å²) in [5.41, 5.74) is 5.60. The number of carbonyl (C=O) groups excluding carboxylic acids is 1. The number of pyridine rings is 1. The van der Waals surface area contributed by atoms with E-state index in [-0.39, 0.29) is 23.2 Å². The zero-order valence-electron chi connectivity index (χ0n) is 11.6. The van der Waals surface area contributed by atoms with E-state index in [4.69, 9.17) is 10.8 Å². The first-order valence-corrected chi connectivity index (χ1v) is 6.46. The van der Waals surface area contributed by atoms with Gasteiger partial charge in [-0.3, -0.25) is 4.79 Å². The highest BCUT2D eigenvalue weighted by Gasteiger charge is 2.10. The lowest BCUT2D eigenvalue weighted by Crippen LogP contribution is -2.33. The van der Waals surface area contributed by atoms with Crippen molar-refractivity contribution in [2.24, 2.45) is 0 Å². The topological polar surface area (TPSA) is 117 Å². The van der Waals surface area contributed by atoms with Crippen molar-refractivity contribution in [2.45, 2.75) is 32.7 Å². The van der Waals surface area contributed by atoms with Crippen molar-refractivity contribution >= 4 is 23.4 Å². The first-order valence-electron chi connectivity index (χ1n) is 6.46. The van der Waals surface area contributed by atoms with Crippen LogP contribution < -0.4 is 16.4 Å². The third-order valence-corrected chi connectivity index (χ3v) is 2.84. The second kappa shape index (κ2) is 7.32. The molecule has 7 heteroatoms. The van der Waals surface area contributed by atoms with Gasteiger partial charge in [0.05, 0.1) is 17.4 Å². The molecule has 1 rings (SSSR count). The number of aromatic nitrogens is 1. The highest BCUT2D eigenvalue weighted by Crippen LogP contribution is 2.14. The van der Waals surface area contributed by atoms with Gasteiger partial charge in [0.25, 0.3) is 0 Å². The van der Waals surface area contributed by atoms with Crippen molar-refractivity contribution < 1.29 is 14.7 Å². The van der Waals surface area contributed by atoms with Gasteiger partial charge in [-0.2, -0.15) is 0 Å². The van der Waals surface area contributed by atoms with Gasteiger partial charge in [0.15, 0.2) is 0 Å². The molecule has 1 amide bonds. The van der Waals surface area contributed by atoms with Gasteiger partial charge < -0.3 is 21.5 Å². The molecule has 0 aliphatic rings. The van der Waals surface area contributed by atoms with Crippen LogP contribution in [0, 0.1) is 0 Å². The van der Waals surface area contributed by atoms with Gasteiger partial charge in [-0.15, -0.1) is 0 Å². The molecule has 110 valence electrons. The van der Waals surface area contributed by atoms with Crippen LogP contribution in [0.15, 0.2) is 12.3 Å². The number of aromatic carboxylic acids is 1. The number of carbonyl (C=O) groups is 2. The molecule has 1 aromatic heterocycles. The highest BCUT2D eigenvalue weighted by atomic mass is 16.4. The van der Waals surface area contributed by atoms with Crippen LogP contribution in [-0.2, 0) is 4.79 Å². The smallest absolute Gasteiger partial charge is 0.337 e. The van der Waals surface area contributed by atoms with Crippen LogP contribution >= 0.6 is 0 Å². The average molecular weight is 280 g/mol. The molecule has 20 heavy (non-hydrogen) atoms. The van der Waals surface area contributed by atoms with Crippen molar-refractivity contribution in [3.8, 4) is 0 Å². The van der Waals surface area contributed by atoms with E-state index in [9.17, 15) is 9.59 Å². The molecule has 1 atom stereocenters. The van der Waals surface area contributed by atoms with E-state index >= 15 is 0 Å². The number of nitrogens with zero attached hydrogens (tertiary/aromatic N) is 1. The Balaban J connectivity index is 2.48. The SMILES string of the molecule is CCC(C)NC(=O)CCNc1cc(C(=O)O)c(N)cn1. The number of carboxylic acid groups (broad SMARTS) is 1. The van der Waals surface area contributed by atoms with Crippen LogP contribution in [0.3, 0.4) is 0 Å². The van der Waals surface area contributed by atoms with Crippen LogP contribution in [0.1, 0.15) is 37.0 Å². The molecule has 1 heterocycles. The number of hydrogen-bond donors (Lipinski definition) is 4. The Hall–Kier alpha value is -2.31. The maximum absolute atomic E-state index is 11.5. The average Bonchev–Trinajstić information content (AvgIpc) is 2.40. The number of amides is 1. The zero-order chi connectivity index (χ0) is 15.1. The van der Waals surface area contributed by atoms with Crippen molar-refractivity contribution in [1.29, 1.82) is 0 Å². The summed E-state index contributed by atoms with van der Waals surface area (Å²) in [6.07, 6.45) is 2.45. The zero-order valence-corrected chi connectivity index (χ0v) is 11.6. The van der Waals surface area contributed by atoms with Gasteiger partial charge >= 0.3 is 5.97 Å². The number of anilines is 2. The van der Waals surface area contributed by atoms with Crippen LogP contribution in [-0.4, -0.2) is 34.6 Å². The van der Waals surface area contributed by atoms with Gasteiger partial charge in [0, 0.05) is 19.0 Å². The Kier molecular flexibility index (Phi) is 5.76. The summed E-state index contributed by atoms with van der Waals surface area (Å²) in [4.78, 5) is 26.4. The first-order chi connectivity index (χ1) is 9.43. The Morgan fingerprint density at radius 3 is 2.80 bits per heavy atom. The van der Waals surface area contributed by atoms with Crippen LogP contribution in [0.25, 0.3) is 0 Å². The maximum Gasteiger partial charge on any atom is 0.337 e. The second-order valence-electron chi connectivity index (χ2n) is 4.52. The Labute approximate surface area is 117 Å². The summed E-state index contributed by atoms with van der Waals surface area (Å²) < 4.78 is 0. The van der Waals surface area contributed by atoms with E-state index in [1.54, 1.807) is 0 Å². The van der Waals surface area contributed by atoms with Gasteiger partial charge in [-0.25, -0.2) is 9.78 Å². The van der Waals surface area contributed by atoms with E-state index in [1.807, 2.05) is 13.8 Å². The van der Waals surface area contributed by atoms with Gasteiger partial charge in [0.2, 0.25) is 5.91 Å². The lowest BCUT2D eigenvalue weighted by molar-refractivity contribution is -0.121. The van der Waals surface area contributed by atoms with Crippen LogP contribution in [0.2, 0.25) is 0 Å². The summed E-state index contributed by atoms with van der Waals surface area (Å²) in [6.45, 7) is 4.30. The molecule has 0 fully saturated rings. The molecular weight excluding hydrogens is 260 g/mol. The van der Waals surface area contributed by atoms with E-state index in [0.29, 0.717) is 18.8 Å². The lowest BCUT2D eigenvalue weighted by Gasteiger charge is -2.12. The fourth-order valence-corrected chi connectivity index (χ4v) is 1.50. The van der Waals surface area contributed by atoms with Crippen molar-refractivity contribution in [1.82, 2.24) is 10.3 Å². The first kappa shape index (κ1) is 15.7. The normalized spacial score (nSPS) is 11.7. The number of nitrogens with two attached hydrogens (primary N) is 1. The monoisotopic (exact) mass is 280 g/mol. The van der Waals surface area contributed by atoms with Crippen LogP contribution in [0.5, 0.6) is 0 Å². The molecule has 5 N–H and O–H groups in total. The van der Waals surface area contributed by atoms with Gasteiger partial charge in [-0.1, -0.05) is 6.92 Å².